The zero-order valence-electron chi connectivity index (χ0n) is 20.3. The third kappa shape index (κ3) is 7.59. The number of hydrogen-bond acceptors (Lipinski definition) is 5. The zero-order chi connectivity index (χ0) is 25.7. The van der Waals surface area contributed by atoms with Gasteiger partial charge in [0.2, 0.25) is 0 Å². The molecule has 1 aliphatic rings. The fourth-order valence-electron chi connectivity index (χ4n) is 3.73. The van der Waals surface area contributed by atoms with Gasteiger partial charge in [0.1, 0.15) is 6.10 Å². The number of aliphatic hydroxyl groups excluding tert-OH is 1. The smallest absolute Gasteiger partial charge is 0.401 e. The van der Waals surface area contributed by atoms with Crippen molar-refractivity contribution in [2.45, 2.75) is 62.1 Å². The Morgan fingerprint density at radius 1 is 1.20 bits per heavy atom. The monoisotopic (exact) mass is 506 g/mol. The topological polar surface area (TPSA) is 67.8 Å². The van der Waals surface area contributed by atoms with Crippen LogP contribution < -0.4 is 5.73 Å². The number of nitrogens with two attached hydrogens (primary N) is 1. The molecule has 2 atom stereocenters. The Kier molecular flexibility index (Phi) is 8.72. The minimum absolute atomic E-state index is 0.115. The summed E-state index contributed by atoms with van der Waals surface area (Å²) in [5.74, 6) is 0. The number of halogens is 3. The second-order valence-corrected chi connectivity index (χ2v) is 11.4. The maximum Gasteiger partial charge on any atom is 0.416 e. The lowest BCUT2D eigenvalue weighted by molar-refractivity contribution is -0.137. The molecule has 190 valence electrons. The molecule has 0 bridgehead atoms. The number of aliphatic imine (C=N–C) groups is 1. The van der Waals surface area contributed by atoms with Crippen LogP contribution in [0.2, 0.25) is 0 Å². The molecule has 0 spiro atoms. The first-order chi connectivity index (χ1) is 16.4. The van der Waals surface area contributed by atoms with Gasteiger partial charge in [-0.2, -0.15) is 13.2 Å². The van der Waals surface area contributed by atoms with Crippen LogP contribution in [0.5, 0.6) is 0 Å². The van der Waals surface area contributed by atoms with Gasteiger partial charge in [-0.1, -0.05) is 50.2 Å². The molecule has 0 radical (unpaired) electrons. The number of ether oxygens (including phenoxy) is 1. The van der Waals surface area contributed by atoms with Crippen LogP contribution >= 0.6 is 11.8 Å². The molecule has 0 aliphatic carbocycles. The number of alkyl halides is 3. The fourth-order valence-corrected chi connectivity index (χ4v) is 5.05. The molecular formula is C27H33F3N2O2S. The van der Waals surface area contributed by atoms with Crippen LogP contribution in [0.4, 0.5) is 13.2 Å². The van der Waals surface area contributed by atoms with Crippen LogP contribution in [0.15, 0.2) is 76.3 Å². The summed E-state index contributed by atoms with van der Waals surface area (Å²) in [5.41, 5.74) is 7.26. The number of rotatable bonds is 8. The molecule has 35 heavy (non-hydrogen) atoms. The number of benzene rings is 2. The van der Waals surface area contributed by atoms with Crippen molar-refractivity contribution >= 4 is 17.5 Å². The highest BCUT2D eigenvalue weighted by Gasteiger charge is 2.37. The molecule has 2 aromatic rings. The van der Waals surface area contributed by atoms with Gasteiger partial charge in [0.15, 0.2) is 0 Å². The summed E-state index contributed by atoms with van der Waals surface area (Å²) in [5, 5.41) is 9.75. The first-order valence-corrected chi connectivity index (χ1v) is 12.4. The lowest BCUT2D eigenvalue weighted by Gasteiger charge is -2.38. The summed E-state index contributed by atoms with van der Waals surface area (Å²) in [4.78, 5) is 5.39. The van der Waals surface area contributed by atoms with E-state index in [1.54, 1.807) is 12.1 Å². The number of nitrogens with zero attached hydrogens (tertiary/aromatic N) is 1. The Balaban J connectivity index is 1.87. The van der Waals surface area contributed by atoms with Gasteiger partial charge in [-0.05, 0) is 49.6 Å². The third-order valence-corrected chi connectivity index (χ3v) is 7.54. The van der Waals surface area contributed by atoms with Gasteiger partial charge in [-0.25, -0.2) is 0 Å². The SMILES string of the molecule is CC1(Sc2cccc(C(F)(F)F)c2)CCOC(C(C=C(N)C(C)(C)CO)=NCc2ccccc2)C1. The number of hydrogen-bond donors (Lipinski definition) is 2. The van der Waals surface area contributed by atoms with Crippen molar-refractivity contribution in [1.82, 2.24) is 0 Å². The van der Waals surface area contributed by atoms with Crippen LogP contribution in [0.1, 0.15) is 44.7 Å². The molecule has 1 fully saturated rings. The van der Waals surface area contributed by atoms with Crippen LogP contribution in [-0.2, 0) is 17.5 Å². The van der Waals surface area contributed by atoms with E-state index in [-0.39, 0.29) is 17.5 Å². The molecule has 1 saturated heterocycles. The predicted molar refractivity (Wildman–Crippen MR) is 135 cm³/mol. The maximum atomic E-state index is 13.2. The van der Waals surface area contributed by atoms with Gasteiger partial charge >= 0.3 is 6.18 Å². The van der Waals surface area contributed by atoms with Crippen LogP contribution in [0, 0.1) is 5.41 Å². The quantitative estimate of drug-likeness (QED) is 0.416. The molecule has 2 aromatic carbocycles. The van der Waals surface area contributed by atoms with E-state index >= 15 is 0 Å². The van der Waals surface area contributed by atoms with Crippen LogP contribution in [0.3, 0.4) is 0 Å². The first-order valence-electron chi connectivity index (χ1n) is 11.6. The summed E-state index contributed by atoms with van der Waals surface area (Å²) >= 11 is 1.43. The maximum absolute atomic E-state index is 13.2. The summed E-state index contributed by atoms with van der Waals surface area (Å²) in [6, 6.07) is 15.3. The van der Waals surface area contributed by atoms with Crippen molar-refractivity contribution in [2.75, 3.05) is 13.2 Å². The van der Waals surface area contributed by atoms with E-state index in [0.717, 1.165) is 11.6 Å². The molecule has 1 aliphatic heterocycles. The van der Waals surface area contributed by atoms with E-state index in [9.17, 15) is 18.3 Å². The van der Waals surface area contributed by atoms with Gasteiger partial charge in [-0.15, -0.1) is 11.8 Å². The summed E-state index contributed by atoms with van der Waals surface area (Å²) < 4.78 is 45.3. The van der Waals surface area contributed by atoms with Crippen molar-refractivity contribution < 1.29 is 23.0 Å². The van der Waals surface area contributed by atoms with E-state index in [4.69, 9.17) is 15.5 Å². The number of aliphatic hydroxyl groups is 1. The largest absolute Gasteiger partial charge is 0.416 e. The lowest BCUT2D eigenvalue weighted by Crippen LogP contribution is -2.40. The highest BCUT2D eigenvalue weighted by atomic mass is 32.2. The van der Waals surface area contributed by atoms with Gasteiger partial charge < -0.3 is 15.6 Å². The average Bonchev–Trinajstić information content (AvgIpc) is 2.81. The standard InChI is InChI=1S/C27H33F3N2O2S/c1-25(2,18-33)24(31)15-22(32-17-19-8-5-4-6-9-19)23-16-26(3,12-13-34-23)35-21-11-7-10-20(14-21)27(28,29)30/h4-11,14-15,23,33H,12-13,16-18,31H2,1-3H3. The normalized spacial score (nSPS) is 22.3. The lowest BCUT2D eigenvalue weighted by atomic mass is 9.88. The highest BCUT2D eigenvalue weighted by Crippen LogP contribution is 2.43. The average molecular weight is 507 g/mol. The molecule has 0 aromatic heterocycles. The highest BCUT2D eigenvalue weighted by molar-refractivity contribution is 8.00. The minimum Gasteiger partial charge on any atom is -0.401 e. The Bertz CT molecular complexity index is 1050. The Morgan fingerprint density at radius 3 is 2.57 bits per heavy atom. The molecule has 1 heterocycles. The van der Waals surface area contributed by atoms with Crippen molar-refractivity contribution in [3.05, 3.63) is 77.5 Å². The van der Waals surface area contributed by atoms with E-state index in [1.807, 2.05) is 51.1 Å². The predicted octanol–water partition coefficient (Wildman–Crippen LogP) is 6.24. The second kappa shape index (κ2) is 11.2. The molecule has 0 amide bonds. The van der Waals surface area contributed by atoms with Crippen LogP contribution in [0.25, 0.3) is 0 Å². The first kappa shape index (κ1) is 27.3. The Labute approximate surface area is 209 Å². The molecule has 8 heteroatoms. The number of thioether (sulfide) groups is 1. The molecule has 2 unspecified atom stereocenters. The minimum atomic E-state index is -4.38. The molecule has 3 rings (SSSR count). The second-order valence-electron chi connectivity index (χ2n) is 9.76. The Hall–Kier alpha value is -2.29. The van der Waals surface area contributed by atoms with Gasteiger partial charge in [0, 0.05) is 27.4 Å². The Morgan fingerprint density at radius 2 is 1.91 bits per heavy atom. The third-order valence-electron chi connectivity index (χ3n) is 6.19. The van der Waals surface area contributed by atoms with Crippen molar-refractivity contribution in [1.29, 1.82) is 0 Å². The molecule has 4 nitrogen and oxygen atoms in total. The fraction of sp³-hybridized carbons (Fsp3) is 0.444. The van der Waals surface area contributed by atoms with Crippen LogP contribution in [-0.4, -0.2) is 34.9 Å². The van der Waals surface area contributed by atoms with Crippen molar-refractivity contribution in [2.24, 2.45) is 16.1 Å². The van der Waals surface area contributed by atoms with Gasteiger partial charge in [0.25, 0.3) is 0 Å². The van der Waals surface area contributed by atoms with E-state index in [0.29, 0.717) is 42.3 Å². The zero-order valence-corrected chi connectivity index (χ0v) is 21.1. The summed E-state index contributed by atoms with van der Waals surface area (Å²) in [7, 11) is 0. The van der Waals surface area contributed by atoms with Gasteiger partial charge in [0.05, 0.1) is 24.4 Å². The molecular weight excluding hydrogens is 473 g/mol. The van der Waals surface area contributed by atoms with Crippen molar-refractivity contribution in [3.63, 3.8) is 0 Å². The summed E-state index contributed by atoms with van der Waals surface area (Å²) in [6.07, 6.45) is -1.72. The summed E-state index contributed by atoms with van der Waals surface area (Å²) in [6.45, 7) is 6.53. The molecule has 3 N–H and O–H groups in total. The van der Waals surface area contributed by atoms with E-state index in [1.165, 1.54) is 23.9 Å². The van der Waals surface area contributed by atoms with E-state index in [2.05, 4.69) is 0 Å². The van der Waals surface area contributed by atoms with Crippen molar-refractivity contribution in [3.8, 4) is 0 Å². The van der Waals surface area contributed by atoms with E-state index < -0.39 is 17.2 Å². The molecule has 0 saturated carbocycles. The van der Waals surface area contributed by atoms with Gasteiger partial charge in [-0.3, -0.25) is 4.99 Å².